The quantitative estimate of drug-likeness (QED) is 0.554. The second-order valence-electron chi connectivity index (χ2n) is 6.95. The molecule has 4 rings (SSSR count). The lowest BCUT2D eigenvalue weighted by Gasteiger charge is -2.10. The van der Waals surface area contributed by atoms with Crippen molar-refractivity contribution in [2.45, 2.75) is 33.4 Å². The fourth-order valence-corrected chi connectivity index (χ4v) is 3.06. The summed E-state index contributed by atoms with van der Waals surface area (Å²) in [5.74, 6) is 1.13. The minimum absolute atomic E-state index is 0.269. The summed E-state index contributed by atoms with van der Waals surface area (Å²) in [4.78, 5) is 18.0. The smallest absolute Gasteiger partial charge is 0.165 e. The van der Waals surface area contributed by atoms with Gasteiger partial charge in [-0.25, -0.2) is 19.3 Å². The number of hydrogen-bond acceptors (Lipinski definition) is 5. The van der Waals surface area contributed by atoms with Crippen LogP contribution in [0.25, 0.3) is 22.4 Å². The highest BCUT2D eigenvalue weighted by Gasteiger charge is 2.13. The Kier molecular flexibility index (Phi) is 4.73. The topological polar surface area (TPSA) is 68.5 Å². The Balaban J connectivity index is 1.55. The number of nitrogens with one attached hydrogen (secondary N) is 1. The van der Waals surface area contributed by atoms with Crippen molar-refractivity contribution >= 4 is 17.0 Å². The largest absolute Gasteiger partial charge is 0.364 e. The molecule has 28 heavy (non-hydrogen) atoms. The number of halogens is 1. The van der Waals surface area contributed by atoms with E-state index in [1.54, 1.807) is 18.6 Å². The molecule has 0 saturated heterocycles. The number of aryl methyl sites for hydroxylation is 1. The Morgan fingerprint density at radius 2 is 1.96 bits per heavy atom. The zero-order chi connectivity index (χ0) is 19.7. The van der Waals surface area contributed by atoms with Crippen molar-refractivity contribution in [3.8, 4) is 11.3 Å². The molecule has 0 amide bonds. The van der Waals surface area contributed by atoms with E-state index in [4.69, 9.17) is 0 Å². The fourth-order valence-electron chi connectivity index (χ4n) is 3.06. The van der Waals surface area contributed by atoms with Crippen LogP contribution in [0.1, 0.15) is 31.3 Å². The molecular weight excluding hydrogens is 355 g/mol. The van der Waals surface area contributed by atoms with E-state index < -0.39 is 0 Å². The van der Waals surface area contributed by atoms with Gasteiger partial charge in [-0.1, -0.05) is 18.2 Å². The molecular formula is C21H21FN6. The van der Waals surface area contributed by atoms with Crippen molar-refractivity contribution in [3.05, 3.63) is 66.1 Å². The summed E-state index contributed by atoms with van der Waals surface area (Å²) in [5.41, 5.74) is 4.06. The Hall–Kier alpha value is -3.35. The van der Waals surface area contributed by atoms with Gasteiger partial charge in [0, 0.05) is 24.3 Å². The highest BCUT2D eigenvalue weighted by atomic mass is 19.1. The van der Waals surface area contributed by atoms with Crippen LogP contribution in [-0.4, -0.2) is 24.5 Å². The van der Waals surface area contributed by atoms with Crippen molar-refractivity contribution < 1.29 is 4.39 Å². The monoisotopic (exact) mass is 376 g/mol. The molecule has 0 bridgehead atoms. The minimum atomic E-state index is -0.269. The molecule has 3 aromatic heterocycles. The van der Waals surface area contributed by atoms with Gasteiger partial charge < -0.3 is 9.88 Å². The van der Waals surface area contributed by atoms with E-state index in [0.29, 0.717) is 18.2 Å². The van der Waals surface area contributed by atoms with Gasteiger partial charge in [0.1, 0.15) is 17.2 Å². The SMILES string of the molecule is Cc1nc(NCc2ccc(-c3cccc(F)c3)nc2)c2ncn(C(C)C)c2n1. The van der Waals surface area contributed by atoms with Gasteiger partial charge in [-0.2, -0.15) is 0 Å². The van der Waals surface area contributed by atoms with E-state index in [2.05, 4.69) is 39.1 Å². The Morgan fingerprint density at radius 3 is 2.68 bits per heavy atom. The summed E-state index contributed by atoms with van der Waals surface area (Å²) in [6, 6.07) is 10.6. The standard InChI is InChI=1S/C21H21FN6/c1-13(2)28-12-25-19-20(26-14(3)27-21(19)28)24-11-15-7-8-18(23-10-15)16-5-4-6-17(22)9-16/h4-10,12-13H,11H2,1-3H3,(H,24,26,27). The molecule has 0 aliphatic heterocycles. The average Bonchev–Trinajstić information content (AvgIpc) is 3.10. The molecule has 1 N–H and O–H groups in total. The summed E-state index contributed by atoms with van der Waals surface area (Å²) in [5, 5.41) is 3.34. The average molecular weight is 376 g/mol. The molecule has 0 unspecified atom stereocenters. The Labute approximate surface area is 162 Å². The van der Waals surface area contributed by atoms with Gasteiger partial charge in [-0.3, -0.25) is 4.98 Å². The number of fused-ring (bicyclic) bond motifs is 1. The number of nitrogens with zero attached hydrogens (tertiary/aromatic N) is 5. The molecule has 1 aromatic carbocycles. The molecule has 4 aromatic rings. The van der Waals surface area contributed by atoms with Gasteiger partial charge in [-0.15, -0.1) is 0 Å². The van der Waals surface area contributed by atoms with Gasteiger partial charge in [0.25, 0.3) is 0 Å². The van der Waals surface area contributed by atoms with Gasteiger partial charge >= 0.3 is 0 Å². The van der Waals surface area contributed by atoms with Crippen molar-refractivity contribution in [1.82, 2.24) is 24.5 Å². The first kappa shape index (κ1) is 18.0. The molecule has 7 heteroatoms. The lowest BCUT2D eigenvalue weighted by molar-refractivity contribution is 0.612. The van der Waals surface area contributed by atoms with Crippen molar-refractivity contribution in [3.63, 3.8) is 0 Å². The van der Waals surface area contributed by atoms with E-state index in [9.17, 15) is 4.39 Å². The first-order valence-electron chi connectivity index (χ1n) is 9.17. The molecule has 0 radical (unpaired) electrons. The molecule has 3 heterocycles. The number of benzene rings is 1. The summed E-state index contributed by atoms with van der Waals surface area (Å²) >= 11 is 0. The molecule has 0 aliphatic carbocycles. The summed E-state index contributed by atoms with van der Waals surface area (Å²) < 4.78 is 15.4. The predicted molar refractivity (Wildman–Crippen MR) is 107 cm³/mol. The summed E-state index contributed by atoms with van der Waals surface area (Å²) in [6.07, 6.45) is 3.58. The molecule has 0 fully saturated rings. The first-order valence-corrected chi connectivity index (χ1v) is 9.17. The lowest BCUT2D eigenvalue weighted by atomic mass is 10.1. The summed E-state index contributed by atoms with van der Waals surface area (Å²) in [7, 11) is 0. The minimum Gasteiger partial charge on any atom is -0.364 e. The summed E-state index contributed by atoms with van der Waals surface area (Å²) in [6.45, 7) is 6.61. The third-order valence-electron chi connectivity index (χ3n) is 4.49. The molecule has 0 atom stereocenters. The number of hydrogen-bond donors (Lipinski definition) is 1. The molecule has 6 nitrogen and oxygen atoms in total. The van der Waals surface area contributed by atoms with E-state index >= 15 is 0 Å². The lowest BCUT2D eigenvalue weighted by Crippen LogP contribution is -2.06. The number of pyridine rings is 1. The van der Waals surface area contributed by atoms with Crippen molar-refractivity contribution in [2.75, 3.05) is 5.32 Å². The van der Waals surface area contributed by atoms with Crippen LogP contribution in [0.4, 0.5) is 10.2 Å². The number of rotatable bonds is 5. The maximum absolute atomic E-state index is 13.4. The predicted octanol–water partition coefficient (Wildman–Crippen LogP) is 4.53. The highest BCUT2D eigenvalue weighted by Crippen LogP contribution is 2.23. The van der Waals surface area contributed by atoms with Crippen LogP contribution in [0.15, 0.2) is 48.9 Å². The van der Waals surface area contributed by atoms with Gasteiger partial charge in [0.05, 0.1) is 12.0 Å². The van der Waals surface area contributed by atoms with Gasteiger partial charge in [-0.05, 0) is 44.5 Å². The number of imidazole rings is 1. The molecule has 0 saturated carbocycles. The van der Waals surface area contributed by atoms with Crippen molar-refractivity contribution in [2.24, 2.45) is 0 Å². The van der Waals surface area contributed by atoms with Crippen LogP contribution in [0.3, 0.4) is 0 Å². The maximum atomic E-state index is 13.4. The highest BCUT2D eigenvalue weighted by molar-refractivity contribution is 5.83. The van der Waals surface area contributed by atoms with Crippen LogP contribution in [-0.2, 0) is 6.54 Å². The third kappa shape index (κ3) is 3.55. The molecule has 142 valence electrons. The van der Waals surface area contributed by atoms with E-state index in [1.807, 2.05) is 29.7 Å². The zero-order valence-corrected chi connectivity index (χ0v) is 16.0. The molecule has 0 aliphatic rings. The second-order valence-corrected chi connectivity index (χ2v) is 6.95. The van der Waals surface area contributed by atoms with Crippen LogP contribution in [0.2, 0.25) is 0 Å². The Bertz CT molecular complexity index is 1120. The van der Waals surface area contributed by atoms with Crippen LogP contribution < -0.4 is 5.32 Å². The second kappa shape index (κ2) is 7.34. The Morgan fingerprint density at radius 1 is 1.11 bits per heavy atom. The van der Waals surface area contributed by atoms with Crippen LogP contribution in [0.5, 0.6) is 0 Å². The number of aromatic nitrogens is 5. The first-order chi connectivity index (χ1) is 13.5. The normalized spacial score (nSPS) is 11.3. The van der Waals surface area contributed by atoms with Gasteiger partial charge in [0.15, 0.2) is 11.5 Å². The van der Waals surface area contributed by atoms with Crippen molar-refractivity contribution in [1.29, 1.82) is 0 Å². The third-order valence-corrected chi connectivity index (χ3v) is 4.49. The van der Waals surface area contributed by atoms with Gasteiger partial charge in [0.2, 0.25) is 0 Å². The molecule has 0 spiro atoms. The van der Waals surface area contributed by atoms with E-state index in [0.717, 1.165) is 28.0 Å². The fraction of sp³-hybridized carbons (Fsp3) is 0.238. The van der Waals surface area contributed by atoms with E-state index in [-0.39, 0.29) is 11.9 Å². The van der Waals surface area contributed by atoms with E-state index in [1.165, 1.54) is 12.1 Å². The number of anilines is 1. The maximum Gasteiger partial charge on any atom is 0.165 e. The zero-order valence-electron chi connectivity index (χ0n) is 16.0. The van der Waals surface area contributed by atoms with Crippen LogP contribution >= 0.6 is 0 Å². The van der Waals surface area contributed by atoms with Crippen LogP contribution in [0, 0.1) is 12.7 Å².